The van der Waals surface area contributed by atoms with Crippen molar-refractivity contribution in [2.45, 2.75) is 57.7 Å². The Kier molecular flexibility index (Phi) is 13.2. The highest BCUT2D eigenvalue weighted by Gasteiger charge is 2.58. The number of carbonyl (C=O) groups excluding carboxylic acids is 3. The van der Waals surface area contributed by atoms with Gasteiger partial charge in [0.25, 0.3) is 5.91 Å². The number of unbranched alkanes of at least 4 members (excludes halogenated alkanes) is 3. The second-order valence-electron chi connectivity index (χ2n) is 11.7. The predicted molar refractivity (Wildman–Crippen MR) is 182 cm³/mol. The van der Waals surface area contributed by atoms with Crippen molar-refractivity contribution in [1.29, 1.82) is 5.41 Å². The number of alkyl carbamates (subject to hydrolysis) is 1. The summed E-state index contributed by atoms with van der Waals surface area (Å²) in [6, 6.07) is 16.2. The van der Waals surface area contributed by atoms with Gasteiger partial charge in [0.2, 0.25) is 0 Å². The molecule has 2 aromatic carbocycles. The summed E-state index contributed by atoms with van der Waals surface area (Å²) in [4.78, 5) is 47.6. The van der Waals surface area contributed by atoms with Gasteiger partial charge in [-0.2, -0.15) is 22.0 Å². The summed E-state index contributed by atoms with van der Waals surface area (Å²) in [6.45, 7) is 0.0658. The number of imidazole rings is 1. The van der Waals surface area contributed by atoms with Crippen LogP contribution in [0.3, 0.4) is 0 Å². The van der Waals surface area contributed by atoms with E-state index in [-0.39, 0.29) is 30.4 Å². The standard InChI is InChI=1S/C35H38F5N7O5/c1-3-4-5-8-19-51-33(50)45-31(41)23-10-13-25(14-11-23)43-21-29-44-26-20-24(12-15-27(26)46(29)2)32(49)47(28-9-6-7-17-42-28)18-16-30(48)52-22-34(36,37)35(38,39)40/h6-7,9-15,17,20,43H,3-5,8,16,18-19,21-22H2,1-2H3,(H2,41,45,50). The lowest BCUT2D eigenvalue weighted by Crippen LogP contribution is -2.41. The lowest BCUT2D eigenvalue weighted by Gasteiger charge is -2.22. The zero-order chi connectivity index (χ0) is 37.9. The summed E-state index contributed by atoms with van der Waals surface area (Å²) in [5.41, 5.74) is 2.50. The van der Waals surface area contributed by atoms with E-state index >= 15 is 0 Å². The van der Waals surface area contributed by atoms with E-state index in [1.54, 1.807) is 49.5 Å². The van der Waals surface area contributed by atoms with E-state index < -0.39 is 49.6 Å². The van der Waals surface area contributed by atoms with Crippen LogP contribution in [-0.4, -0.2) is 70.2 Å². The SMILES string of the molecule is CCCCCCOC(=O)NC(=N)c1ccc(NCc2nc3cc(C(=O)N(CCC(=O)OCC(F)(F)C(F)(F)F)c4ccccn4)ccc3n2C)cc1. The van der Waals surface area contributed by atoms with Crippen molar-refractivity contribution in [3.63, 3.8) is 0 Å². The van der Waals surface area contributed by atoms with Crippen molar-refractivity contribution in [3.8, 4) is 0 Å². The third kappa shape index (κ3) is 10.5. The van der Waals surface area contributed by atoms with Crippen molar-refractivity contribution in [2.75, 3.05) is 30.0 Å². The molecule has 0 saturated heterocycles. The van der Waals surface area contributed by atoms with Gasteiger partial charge in [0.15, 0.2) is 6.61 Å². The molecule has 4 rings (SSSR count). The molecule has 3 N–H and O–H groups in total. The van der Waals surface area contributed by atoms with E-state index in [0.29, 0.717) is 28.1 Å². The highest BCUT2D eigenvalue weighted by Crippen LogP contribution is 2.35. The van der Waals surface area contributed by atoms with Gasteiger partial charge in [0.1, 0.15) is 17.5 Å². The molecule has 2 amide bonds. The normalized spacial score (nSPS) is 11.6. The molecular weight excluding hydrogens is 693 g/mol. The van der Waals surface area contributed by atoms with Crippen LogP contribution in [0.2, 0.25) is 0 Å². The number of anilines is 2. The predicted octanol–water partition coefficient (Wildman–Crippen LogP) is 6.99. The van der Waals surface area contributed by atoms with Gasteiger partial charge >= 0.3 is 24.2 Å². The van der Waals surface area contributed by atoms with Crippen LogP contribution in [0.25, 0.3) is 11.0 Å². The number of halogens is 5. The Bertz CT molecular complexity index is 1850. The third-order valence-corrected chi connectivity index (χ3v) is 7.84. The van der Waals surface area contributed by atoms with Gasteiger partial charge in [0, 0.05) is 36.6 Å². The number of fused-ring (bicyclic) bond motifs is 1. The lowest BCUT2D eigenvalue weighted by molar-refractivity contribution is -0.294. The van der Waals surface area contributed by atoms with Gasteiger partial charge in [-0.1, -0.05) is 32.3 Å². The Labute approximate surface area is 295 Å². The van der Waals surface area contributed by atoms with E-state index in [4.69, 9.17) is 10.1 Å². The summed E-state index contributed by atoms with van der Waals surface area (Å²) in [6.07, 6.45) is -1.98. The van der Waals surface area contributed by atoms with E-state index in [1.807, 2.05) is 4.57 Å². The van der Waals surface area contributed by atoms with Crippen LogP contribution in [-0.2, 0) is 27.9 Å². The van der Waals surface area contributed by atoms with Gasteiger partial charge < -0.3 is 19.4 Å². The van der Waals surface area contributed by atoms with Gasteiger partial charge in [0.05, 0.1) is 30.6 Å². The first-order valence-corrected chi connectivity index (χ1v) is 16.3. The van der Waals surface area contributed by atoms with Crippen molar-refractivity contribution in [1.82, 2.24) is 19.9 Å². The first-order chi connectivity index (χ1) is 24.7. The molecule has 0 unspecified atom stereocenters. The fraction of sp³-hybridized carbons (Fsp3) is 0.371. The molecule has 0 spiro atoms. The average Bonchev–Trinajstić information content (AvgIpc) is 3.44. The number of alkyl halides is 5. The zero-order valence-corrected chi connectivity index (χ0v) is 28.4. The Morgan fingerprint density at radius 1 is 0.942 bits per heavy atom. The molecule has 0 aliphatic rings. The van der Waals surface area contributed by atoms with Crippen molar-refractivity contribution in [2.24, 2.45) is 7.05 Å². The molecule has 0 atom stereocenters. The topological polar surface area (TPSA) is 152 Å². The largest absolute Gasteiger partial charge is 0.459 e. The number of pyridine rings is 1. The fourth-order valence-corrected chi connectivity index (χ4v) is 4.90. The first-order valence-electron chi connectivity index (χ1n) is 16.3. The Morgan fingerprint density at radius 2 is 1.67 bits per heavy atom. The summed E-state index contributed by atoms with van der Waals surface area (Å²) in [7, 11) is 1.79. The minimum absolute atomic E-state index is 0.0991. The molecule has 0 aliphatic heterocycles. The monoisotopic (exact) mass is 731 g/mol. The first kappa shape index (κ1) is 39.2. The number of aryl methyl sites for hydroxylation is 1. The Balaban J connectivity index is 1.38. The number of amidine groups is 1. The Hall–Kier alpha value is -5.61. The number of amides is 2. The number of nitrogens with one attached hydrogen (secondary N) is 3. The number of benzene rings is 2. The molecule has 278 valence electrons. The molecule has 2 heterocycles. The molecule has 0 radical (unpaired) electrons. The summed E-state index contributed by atoms with van der Waals surface area (Å²) in [5, 5.41) is 13.8. The van der Waals surface area contributed by atoms with Crippen LogP contribution < -0.4 is 15.5 Å². The Morgan fingerprint density at radius 3 is 2.35 bits per heavy atom. The van der Waals surface area contributed by atoms with E-state index in [1.165, 1.54) is 24.4 Å². The summed E-state index contributed by atoms with van der Waals surface area (Å²) in [5.74, 6) is -6.57. The van der Waals surface area contributed by atoms with Gasteiger partial charge in [-0.15, -0.1) is 0 Å². The zero-order valence-electron chi connectivity index (χ0n) is 28.4. The third-order valence-electron chi connectivity index (χ3n) is 7.84. The highest BCUT2D eigenvalue weighted by molar-refractivity contribution is 6.07. The van der Waals surface area contributed by atoms with Crippen LogP contribution in [0.1, 0.15) is 60.8 Å². The summed E-state index contributed by atoms with van der Waals surface area (Å²) >= 11 is 0. The van der Waals surface area contributed by atoms with Crippen LogP contribution >= 0.6 is 0 Å². The summed E-state index contributed by atoms with van der Waals surface area (Å²) < 4.78 is 74.9. The van der Waals surface area contributed by atoms with Crippen molar-refractivity contribution < 1.29 is 45.8 Å². The number of hydrogen-bond donors (Lipinski definition) is 3. The van der Waals surface area contributed by atoms with Gasteiger partial charge in [-0.05, 0) is 61.0 Å². The number of ether oxygens (including phenoxy) is 2. The number of rotatable bonds is 16. The van der Waals surface area contributed by atoms with E-state index in [9.17, 15) is 36.3 Å². The minimum atomic E-state index is -5.88. The fourth-order valence-electron chi connectivity index (χ4n) is 4.90. The smallest absolute Gasteiger partial charge is 0.456 e. The van der Waals surface area contributed by atoms with Gasteiger partial charge in [-0.3, -0.25) is 25.2 Å². The quantitative estimate of drug-likeness (QED) is 0.0367. The molecule has 4 aromatic rings. The van der Waals surface area contributed by atoms with Crippen LogP contribution in [0.4, 0.5) is 38.3 Å². The number of aromatic nitrogens is 3. The second-order valence-corrected chi connectivity index (χ2v) is 11.7. The van der Waals surface area contributed by atoms with E-state index in [0.717, 1.165) is 30.6 Å². The molecule has 52 heavy (non-hydrogen) atoms. The molecule has 2 aromatic heterocycles. The molecular formula is C35H38F5N7O5. The number of nitrogens with zero attached hydrogens (tertiary/aromatic N) is 4. The molecule has 12 nitrogen and oxygen atoms in total. The maximum absolute atomic E-state index is 13.6. The molecule has 0 bridgehead atoms. The van der Waals surface area contributed by atoms with Crippen LogP contribution in [0, 0.1) is 5.41 Å². The number of carbonyl (C=O) groups is 3. The number of hydrogen-bond acceptors (Lipinski definition) is 9. The lowest BCUT2D eigenvalue weighted by atomic mass is 10.1. The van der Waals surface area contributed by atoms with Crippen molar-refractivity contribution >= 4 is 46.3 Å². The highest BCUT2D eigenvalue weighted by atomic mass is 19.4. The molecule has 0 saturated carbocycles. The van der Waals surface area contributed by atoms with E-state index in [2.05, 4.69) is 32.3 Å². The number of esters is 1. The molecule has 0 fully saturated rings. The molecule has 17 heteroatoms. The maximum Gasteiger partial charge on any atom is 0.456 e. The average molecular weight is 732 g/mol. The molecule has 0 aliphatic carbocycles. The van der Waals surface area contributed by atoms with Crippen molar-refractivity contribution in [3.05, 3.63) is 83.8 Å². The minimum Gasteiger partial charge on any atom is -0.459 e. The van der Waals surface area contributed by atoms with Crippen LogP contribution in [0.15, 0.2) is 66.9 Å². The van der Waals surface area contributed by atoms with Crippen LogP contribution in [0.5, 0.6) is 0 Å². The second kappa shape index (κ2) is 17.5. The van der Waals surface area contributed by atoms with Gasteiger partial charge in [-0.25, -0.2) is 14.8 Å². The maximum atomic E-state index is 13.6.